The maximum Gasteiger partial charge on any atom is 0.406 e. The monoisotopic (exact) mass is 352 g/mol. The fourth-order valence-corrected chi connectivity index (χ4v) is 2.08. The van der Waals surface area contributed by atoms with Gasteiger partial charge >= 0.3 is 6.18 Å². The zero-order chi connectivity index (χ0) is 15.3. The van der Waals surface area contributed by atoms with E-state index in [1.165, 1.54) is 12.1 Å². The number of nitrogens with zero attached hydrogens (tertiary/aromatic N) is 2. The van der Waals surface area contributed by atoms with Crippen LogP contribution in [0.25, 0.3) is 0 Å². The summed E-state index contributed by atoms with van der Waals surface area (Å²) >= 11 is 3.06. The van der Waals surface area contributed by atoms with Crippen molar-refractivity contribution in [3.8, 4) is 0 Å². The highest BCUT2D eigenvalue weighted by atomic mass is 79.9. The molecule has 1 aromatic carbocycles. The minimum atomic E-state index is -4.40. The number of alkyl halides is 4. The van der Waals surface area contributed by atoms with E-state index in [1.807, 2.05) is 19.0 Å². The van der Waals surface area contributed by atoms with E-state index in [9.17, 15) is 18.0 Å². The molecule has 1 rings (SSSR count). The van der Waals surface area contributed by atoms with Gasteiger partial charge in [-0.3, -0.25) is 4.79 Å². The van der Waals surface area contributed by atoms with Crippen LogP contribution in [0.2, 0.25) is 0 Å². The molecular formula is C13H16BrF3N2O. The van der Waals surface area contributed by atoms with Crippen LogP contribution in [0, 0.1) is 0 Å². The summed E-state index contributed by atoms with van der Waals surface area (Å²) in [4.78, 5) is 14.7. The molecule has 112 valence electrons. The fraction of sp³-hybridized carbons (Fsp3) is 0.462. The lowest BCUT2D eigenvalue weighted by molar-refractivity contribution is -0.140. The van der Waals surface area contributed by atoms with E-state index in [0.29, 0.717) is 5.33 Å². The van der Waals surface area contributed by atoms with Crippen LogP contribution in [0.15, 0.2) is 24.3 Å². The third-order valence-electron chi connectivity index (χ3n) is 2.64. The van der Waals surface area contributed by atoms with Gasteiger partial charge in [0.1, 0.15) is 6.54 Å². The van der Waals surface area contributed by atoms with E-state index in [1.54, 1.807) is 12.1 Å². The second-order valence-electron chi connectivity index (χ2n) is 4.47. The van der Waals surface area contributed by atoms with Gasteiger partial charge in [0.15, 0.2) is 0 Å². The van der Waals surface area contributed by atoms with Crippen molar-refractivity contribution in [1.29, 1.82) is 0 Å². The van der Waals surface area contributed by atoms with Crippen LogP contribution < -0.4 is 4.90 Å². The highest BCUT2D eigenvalue weighted by molar-refractivity contribution is 9.09. The van der Waals surface area contributed by atoms with Gasteiger partial charge in [-0.25, -0.2) is 0 Å². The number of anilines is 1. The molecule has 0 heterocycles. The van der Waals surface area contributed by atoms with Crippen LogP contribution in [0.5, 0.6) is 0 Å². The molecule has 0 spiro atoms. The van der Waals surface area contributed by atoms with Gasteiger partial charge in [0.25, 0.3) is 5.91 Å². The first-order valence-corrected chi connectivity index (χ1v) is 7.06. The lowest BCUT2D eigenvalue weighted by Gasteiger charge is -2.23. The van der Waals surface area contributed by atoms with E-state index in [2.05, 4.69) is 15.9 Å². The predicted molar refractivity (Wildman–Crippen MR) is 76.5 cm³/mol. The van der Waals surface area contributed by atoms with Crippen molar-refractivity contribution in [2.75, 3.05) is 37.4 Å². The summed E-state index contributed by atoms with van der Waals surface area (Å²) in [5.74, 6) is -0.618. The fourth-order valence-electron chi connectivity index (χ4n) is 1.66. The Kier molecular flexibility index (Phi) is 5.86. The normalized spacial score (nSPS) is 11.3. The minimum Gasteiger partial charge on any atom is -0.378 e. The van der Waals surface area contributed by atoms with E-state index < -0.39 is 18.6 Å². The topological polar surface area (TPSA) is 23.6 Å². The summed E-state index contributed by atoms with van der Waals surface area (Å²) in [6, 6.07) is 6.48. The predicted octanol–water partition coefficient (Wildman–Crippen LogP) is 3.15. The third-order valence-corrected chi connectivity index (χ3v) is 3.00. The molecule has 0 radical (unpaired) electrons. The van der Waals surface area contributed by atoms with Gasteiger partial charge in [-0.15, -0.1) is 0 Å². The van der Waals surface area contributed by atoms with Crippen LogP contribution in [0.4, 0.5) is 18.9 Å². The molecule has 0 aliphatic heterocycles. The molecule has 3 nitrogen and oxygen atoms in total. The van der Waals surface area contributed by atoms with E-state index in [0.717, 1.165) is 10.6 Å². The van der Waals surface area contributed by atoms with Crippen molar-refractivity contribution in [2.45, 2.75) is 6.18 Å². The molecule has 0 aromatic heterocycles. The number of carbonyl (C=O) groups is 1. The number of hydrogen-bond acceptors (Lipinski definition) is 2. The molecule has 0 atom stereocenters. The van der Waals surface area contributed by atoms with Crippen molar-refractivity contribution in [1.82, 2.24) is 4.90 Å². The first kappa shape index (κ1) is 16.8. The molecule has 0 aliphatic carbocycles. The molecule has 0 fully saturated rings. The molecule has 1 aromatic rings. The summed E-state index contributed by atoms with van der Waals surface area (Å²) in [5, 5.41) is 0.296. The molecule has 0 N–H and O–H groups in total. The average Bonchev–Trinajstić information content (AvgIpc) is 2.36. The number of halogens is 4. The number of carbonyl (C=O) groups excluding carboxylic acids is 1. The van der Waals surface area contributed by atoms with Crippen LogP contribution in [-0.2, 0) is 0 Å². The number of hydrogen-bond donors (Lipinski definition) is 0. The second-order valence-corrected chi connectivity index (χ2v) is 5.27. The lowest BCUT2D eigenvalue weighted by Crippen LogP contribution is -2.40. The molecular weight excluding hydrogens is 337 g/mol. The van der Waals surface area contributed by atoms with E-state index in [4.69, 9.17) is 0 Å². The van der Waals surface area contributed by atoms with Crippen LogP contribution in [-0.4, -0.2) is 49.5 Å². The van der Waals surface area contributed by atoms with Gasteiger partial charge in [0.05, 0.1) is 0 Å². The zero-order valence-electron chi connectivity index (χ0n) is 11.2. The smallest absolute Gasteiger partial charge is 0.378 e. The number of benzene rings is 1. The number of amides is 1. The Morgan fingerprint density at radius 2 is 1.75 bits per heavy atom. The van der Waals surface area contributed by atoms with Crippen LogP contribution in [0.1, 0.15) is 10.4 Å². The molecule has 1 amide bonds. The summed E-state index contributed by atoms with van der Waals surface area (Å²) in [6.45, 7) is -1.24. The lowest BCUT2D eigenvalue weighted by atomic mass is 10.1. The molecule has 0 bridgehead atoms. The first-order valence-electron chi connectivity index (χ1n) is 5.94. The molecule has 0 unspecified atom stereocenters. The van der Waals surface area contributed by atoms with Gasteiger partial charge < -0.3 is 9.80 Å². The van der Waals surface area contributed by atoms with Crippen molar-refractivity contribution in [2.24, 2.45) is 0 Å². The SMILES string of the molecule is CN(C)c1ccc(C(=O)N(CCBr)CC(F)(F)F)cc1. The maximum atomic E-state index is 12.5. The molecule has 0 saturated carbocycles. The van der Waals surface area contributed by atoms with Gasteiger partial charge in [0.2, 0.25) is 0 Å². The Hall–Kier alpha value is -1.24. The average molecular weight is 353 g/mol. The van der Waals surface area contributed by atoms with Crippen molar-refractivity contribution in [3.05, 3.63) is 29.8 Å². The highest BCUT2D eigenvalue weighted by Crippen LogP contribution is 2.19. The Bertz CT molecular complexity index is 446. The van der Waals surface area contributed by atoms with Crippen LogP contribution in [0.3, 0.4) is 0 Å². The summed E-state index contributed by atoms with van der Waals surface area (Å²) in [6.07, 6.45) is -4.40. The van der Waals surface area contributed by atoms with Crippen molar-refractivity contribution >= 4 is 27.5 Å². The molecule has 7 heteroatoms. The maximum absolute atomic E-state index is 12.5. The van der Waals surface area contributed by atoms with E-state index >= 15 is 0 Å². The highest BCUT2D eigenvalue weighted by Gasteiger charge is 2.33. The number of rotatable bonds is 5. The van der Waals surface area contributed by atoms with Crippen molar-refractivity contribution in [3.63, 3.8) is 0 Å². The molecule has 0 aliphatic rings. The third kappa shape index (κ3) is 5.03. The zero-order valence-corrected chi connectivity index (χ0v) is 12.8. The molecule has 20 heavy (non-hydrogen) atoms. The summed E-state index contributed by atoms with van der Waals surface area (Å²) < 4.78 is 37.4. The second kappa shape index (κ2) is 6.97. The van der Waals surface area contributed by atoms with E-state index in [-0.39, 0.29) is 12.1 Å². The van der Waals surface area contributed by atoms with Gasteiger partial charge in [-0.2, -0.15) is 13.2 Å². The Morgan fingerprint density at radius 1 is 1.20 bits per heavy atom. The van der Waals surface area contributed by atoms with Crippen molar-refractivity contribution < 1.29 is 18.0 Å². The minimum absolute atomic E-state index is 0.00771. The molecule has 0 saturated heterocycles. The van der Waals surface area contributed by atoms with Crippen LogP contribution >= 0.6 is 15.9 Å². The summed E-state index contributed by atoms with van der Waals surface area (Å²) in [5.41, 5.74) is 1.13. The van der Waals surface area contributed by atoms with Gasteiger partial charge in [-0.1, -0.05) is 15.9 Å². The largest absolute Gasteiger partial charge is 0.406 e. The summed E-state index contributed by atoms with van der Waals surface area (Å²) in [7, 11) is 3.69. The Morgan fingerprint density at radius 3 is 2.15 bits per heavy atom. The standard InChI is InChI=1S/C13H16BrF3N2O/c1-18(2)11-5-3-10(4-6-11)12(20)19(8-7-14)9-13(15,16)17/h3-6H,7-9H2,1-2H3. The van der Waals surface area contributed by atoms with Gasteiger partial charge in [-0.05, 0) is 24.3 Å². The quantitative estimate of drug-likeness (QED) is 0.760. The first-order chi connectivity index (χ1) is 9.24. The van der Waals surface area contributed by atoms with Gasteiger partial charge in [0, 0.05) is 37.2 Å². The Balaban J connectivity index is 2.88. The Labute approximate surface area is 124 Å².